The number of hydrogen-bond acceptors (Lipinski definition) is 3. The summed E-state index contributed by atoms with van der Waals surface area (Å²) in [5.74, 6) is 0.670. The van der Waals surface area contributed by atoms with Crippen LogP contribution in [0.15, 0.2) is 24.4 Å². The largest absolute Gasteiger partial charge is 0.317 e. The molecule has 2 nitrogen and oxygen atoms in total. The Morgan fingerprint density at radius 2 is 2.05 bits per heavy atom. The molecule has 0 unspecified atom stereocenters. The van der Waals surface area contributed by atoms with Gasteiger partial charge in [-0.15, -0.1) is 11.3 Å². The van der Waals surface area contributed by atoms with Gasteiger partial charge in [-0.1, -0.05) is 29.3 Å². The second kappa shape index (κ2) is 6.44. The van der Waals surface area contributed by atoms with Crippen LogP contribution in [0, 0.1) is 0 Å². The Hall–Kier alpha value is -0.610. The molecule has 3 rings (SSSR count). The van der Waals surface area contributed by atoms with Crippen molar-refractivity contribution >= 4 is 34.5 Å². The summed E-state index contributed by atoms with van der Waals surface area (Å²) in [7, 11) is 0. The minimum absolute atomic E-state index is 0.670. The highest BCUT2D eigenvalue weighted by Crippen LogP contribution is 2.31. The topological polar surface area (TPSA) is 24.9 Å². The van der Waals surface area contributed by atoms with Gasteiger partial charge in [0.05, 0.1) is 5.01 Å². The molecule has 20 heavy (non-hydrogen) atoms. The molecule has 0 amide bonds. The van der Waals surface area contributed by atoms with E-state index < -0.39 is 0 Å². The number of aromatic nitrogens is 1. The lowest BCUT2D eigenvalue weighted by atomic mass is 9.97. The lowest BCUT2D eigenvalue weighted by molar-refractivity contribution is 0.465. The number of halogens is 2. The fourth-order valence-corrected chi connectivity index (χ4v) is 4.12. The Bertz CT molecular complexity index is 591. The molecule has 1 aliphatic heterocycles. The maximum Gasteiger partial charge on any atom is 0.0972 e. The van der Waals surface area contributed by atoms with E-state index in [9.17, 15) is 0 Å². The Labute approximate surface area is 133 Å². The summed E-state index contributed by atoms with van der Waals surface area (Å²) in [6, 6.07) is 5.65. The minimum Gasteiger partial charge on any atom is -0.317 e. The van der Waals surface area contributed by atoms with E-state index in [2.05, 4.69) is 10.3 Å². The molecule has 0 spiro atoms. The Morgan fingerprint density at radius 3 is 2.80 bits per heavy atom. The lowest BCUT2D eigenvalue weighted by Crippen LogP contribution is -2.26. The van der Waals surface area contributed by atoms with E-state index in [1.807, 2.05) is 29.7 Å². The van der Waals surface area contributed by atoms with Gasteiger partial charge in [0.2, 0.25) is 0 Å². The monoisotopic (exact) mass is 326 g/mol. The Morgan fingerprint density at radius 1 is 1.25 bits per heavy atom. The molecular formula is C15H16Cl2N2S. The smallest absolute Gasteiger partial charge is 0.0972 e. The van der Waals surface area contributed by atoms with Crippen molar-refractivity contribution in [3.05, 3.63) is 49.9 Å². The summed E-state index contributed by atoms with van der Waals surface area (Å²) in [5.41, 5.74) is 1.09. The fourth-order valence-electron chi connectivity index (χ4n) is 2.53. The van der Waals surface area contributed by atoms with Gasteiger partial charge in [-0.3, -0.25) is 0 Å². The van der Waals surface area contributed by atoms with Gasteiger partial charge in [-0.05, 0) is 49.5 Å². The van der Waals surface area contributed by atoms with Gasteiger partial charge < -0.3 is 5.32 Å². The van der Waals surface area contributed by atoms with Gasteiger partial charge in [-0.25, -0.2) is 4.98 Å². The zero-order valence-corrected chi connectivity index (χ0v) is 13.4. The molecular weight excluding hydrogens is 311 g/mol. The molecule has 1 fully saturated rings. The standard InChI is InChI=1S/C15H16Cl2N2S/c16-12-2-1-11(13(17)8-12)7-15-19-9-14(20-15)10-3-5-18-6-4-10/h1-2,8-10,18H,3-7H2. The molecule has 0 aliphatic carbocycles. The summed E-state index contributed by atoms with van der Waals surface area (Å²) in [4.78, 5) is 5.97. The molecule has 106 valence electrons. The fraction of sp³-hybridized carbons (Fsp3) is 0.400. The number of hydrogen-bond donors (Lipinski definition) is 1. The third kappa shape index (κ3) is 3.34. The number of nitrogens with zero attached hydrogens (tertiary/aromatic N) is 1. The molecule has 1 saturated heterocycles. The first-order chi connectivity index (χ1) is 9.72. The van der Waals surface area contributed by atoms with Crippen molar-refractivity contribution in [2.45, 2.75) is 25.2 Å². The van der Waals surface area contributed by atoms with Crippen LogP contribution in [0.2, 0.25) is 10.0 Å². The third-order valence-electron chi connectivity index (χ3n) is 3.67. The van der Waals surface area contributed by atoms with E-state index >= 15 is 0 Å². The predicted molar refractivity (Wildman–Crippen MR) is 86.2 cm³/mol. The van der Waals surface area contributed by atoms with E-state index in [1.165, 1.54) is 17.7 Å². The van der Waals surface area contributed by atoms with E-state index in [0.29, 0.717) is 10.9 Å². The summed E-state index contributed by atoms with van der Waals surface area (Å²) < 4.78 is 0. The van der Waals surface area contributed by atoms with E-state index in [1.54, 1.807) is 6.07 Å². The van der Waals surface area contributed by atoms with Crippen molar-refractivity contribution < 1.29 is 0 Å². The van der Waals surface area contributed by atoms with E-state index in [-0.39, 0.29) is 0 Å². The van der Waals surface area contributed by atoms with Gasteiger partial charge in [0.15, 0.2) is 0 Å². The number of rotatable bonds is 3. The van der Waals surface area contributed by atoms with Crippen LogP contribution in [-0.4, -0.2) is 18.1 Å². The van der Waals surface area contributed by atoms with Crippen LogP contribution in [0.5, 0.6) is 0 Å². The zero-order valence-electron chi connectivity index (χ0n) is 11.0. The average Bonchev–Trinajstić information content (AvgIpc) is 2.92. The number of piperidine rings is 1. The van der Waals surface area contributed by atoms with Crippen molar-refractivity contribution in [2.24, 2.45) is 0 Å². The predicted octanol–water partition coefficient (Wildman–Crippen LogP) is 4.51. The maximum atomic E-state index is 6.22. The van der Waals surface area contributed by atoms with E-state index in [4.69, 9.17) is 23.2 Å². The number of thiazole rings is 1. The molecule has 1 aliphatic rings. The highest BCUT2D eigenvalue weighted by molar-refractivity contribution is 7.11. The van der Waals surface area contributed by atoms with Gasteiger partial charge in [-0.2, -0.15) is 0 Å². The summed E-state index contributed by atoms with van der Waals surface area (Å²) in [5, 5.41) is 5.92. The molecule has 1 aromatic heterocycles. The van der Waals surface area contributed by atoms with Gasteiger partial charge in [0, 0.05) is 27.5 Å². The van der Waals surface area contributed by atoms with Gasteiger partial charge in [0.25, 0.3) is 0 Å². The first-order valence-electron chi connectivity index (χ1n) is 6.81. The van der Waals surface area contributed by atoms with Crippen LogP contribution >= 0.6 is 34.5 Å². The third-order valence-corrected chi connectivity index (χ3v) is 5.42. The molecule has 0 radical (unpaired) electrons. The zero-order chi connectivity index (χ0) is 13.9. The van der Waals surface area contributed by atoms with Crippen molar-refractivity contribution in [2.75, 3.05) is 13.1 Å². The molecule has 1 aromatic carbocycles. The molecule has 0 atom stereocenters. The first-order valence-corrected chi connectivity index (χ1v) is 8.39. The Kier molecular flexibility index (Phi) is 4.61. The summed E-state index contributed by atoms with van der Waals surface area (Å²) in [6.45, 7) is 2.22. The number of nitrogens with one attached hydrogen (secondary N) is 1. The normalized spacial score (nSPS) is 16.5. The van der Waals surface area contributed by atoms with Crippen molar-refractivity contribution in [1.82, 2.24) is 10.3 Å². The van der Waals surface area contributed by atoms with Crippen LogP contribution in [0.25, 0.3) is 0 Å². The summed E-state index contributed by atoms with van der Waals surface area (Å²) in [6.07, 6.45) is 5.25. The van der Waals surface area contributed by atoms with Gasteiger partial charge >= 0.3 is 0 Å². The molecule has 0 saturated carbocycles. The van der Waals surface area contributed by atoms with Crippen LogP contribution in [0.1, 0.15) is 34.2 Å². The van der Waals surface area contributed by atoms with Crippen LogP contribution in [0.4, 0.5) is 0 Å². The first kappa shape index (κ1) is 14.3. The second-order valence-electron chi connectivity index (χ2n) is 5.09. The molecule has 2 heterocycles. The maximum absolute atomic E-state index is 6.22. The minimum atomic E-state index is 0.670. The van der Waals surface area contributed by atoms with E-state index in [0.717, 1.165) is 35.1 Å². The molecule has 5 heteroatoms. The van der Waals surface area contributed by atoms with Crippen molar-refractivity contribution in [3.8, 4) is 0 Å². The summed E-state index contributed by atoms with van der Waals surface area (Å²) >= 11 is 14.0. The van der Waals surface area contributed by atoms with Crippen molar-refractivity contribution in [1.29, 1.82) is 0 Å². The highest BCUT2D eigenvalue weighted by Gasteiger charge is 2.18. The molecule has 2 aromatic rings. The highest BCUT2D eigenvalue weighted by atomic mass is 35.5. The SMILES string of the molecule is Clc1ccc(Cc2ncc(C3CCNCC3)s2)c(Cl)c1. The number of benzene rings is 1. The average molecular weight is 327 g/mol. The quantitative estimate of drug-likeness (QED) is 0.897. The van der Waals surface area contributed by atoms with Crippen LogP contribution in [-0.2, 0) is 6.42 Å². The molecule has 0 bridgehead atoms. The second-order valence-corrected chi connectivity index (χ2v) is 7.08. The lowest BCUT2D eigenvalue weighted by Gasteiger charge is -2.20. The molecule has 1 N–H and O–H groups in total. The van der Waals surface area contributed by atoms with Crippen molar-refractivity contribution in [3.63, 3.8) is 0 Å². The Balaban J connectivity index is 1.73. The van der Waals surface area contributed by atoms with Gasteiger partial charge in [0.1, 0.15) is 0 Å². The van der Waals surface area contributed by atoms with Crippen LogP contribution in [0.3, 0.4) is 0 Å². The van der Waals surface area contributed by atoms with Crippen LogP contribution < -0.4 is 5.32 Å².